The fourth-order valence-electron chi connectivity index (χ4n) is 3.67. The molecule has 0 unspecified atom stereocenters. The highest BCUT2D eigenvalue weighted by atomic mass is 32.2. The second kappa shape index (κ2) is 6.95. The third-order valence-electron chi connectivity index (χ3n) is 4.86. The molecule has 0 N–H and O–H groups in total. The van der Waals surface area contributed by atoms with E-state index in [1.165, 1.54) is 10.6 Å². The molecule has 0 aliphatic carbocycles. The van der Waals surface area contributed by atoms with E-state index in [-0.39, 0.29) is 16.5 Å². The number of imidazole rings is 1. The van der Waals surface area contributed by atoms with Gasteiger partial charge in [0.15, 0.2) is 5.03 Å². The average molecular weight is 355 g/mol. The van der Waals surface area contributed by atoms with E-state index in [0.29, 0.717) is 32.7 Å². The fourth-order valence-corrected chi connectivity index (χ4v) is 5.18. The summed E-state index contributed by atoms with van der Waals surface area (Å²) in [4.78, 5) is 4.02. The van der Waals surface area contributed by atoms with Crippen LogP contribution < -0.4 is 0 Å². The number of piperidine rings is 1. The lowest BCUT2D eigenvalue weighted by molar-refractivity contribution is -0.140. The summed E-state index contributed by atoms with van der Waals surface area (Å²) < 4.78 is 40.6. The van der Waals surface area contributed by atoms with Crippen molar-refractivity contribution in [2.24, 2.45) is 12.5 Å². The highest BCUT2D eigenvalue weighted by Crippen LogP contribution is 2.41. The molecule has 2 aliphatic rings. The van der Waals surface area contributed by atoms with Crippen LogP contribution >= 0.6 is 0 Å². The van der Waals surface area contributed by atoms with Gasteiger partial charge in [-0.1, -0.05) is 6.08 Å². The summed E-state index contributed by atoms with van der Waals surface area (Å²) in [6.45, 7) is 6.21. The van der Waals surface area contributed by atoms with Crippen LogP contribution in [-0.4, -0.2) is 61.3 Å². The van der Waals surface area contributed by atoms with Gasteiger partial charge < -0.3 is 14.0 Å². The van der Waals surface area contributed by atoms with Gasteiger partial charge in [-0.05, 0) is 19.3 Å². The van der Waals surface area contributed by atoms with Crippen molar-refractivity contribution in [3.05, 3.63) is 25.2 Å². The van der Waals surface area contributed by atoms with Crippen LogP contribution in [0.1, 0.15) is 19.3 Å². The molecule has 2 saturated heterocycles. The van der Waals surface area contributed by atoms with Gasteiger partial charge in [-0.2, -0.15) is 4.31 Å². The van der Waals surface area contributed by atoms with Crippen LogP contribution in [-0.2, 0) is 26.5 Å². The zero-order chi connectivity index (χ0) is 17.2. The zero-order valence-electron chi connectivity index (χ0n) is 14.1. The number of fused-ring (bicyclic) bond motifs is 1. The largest absolute Gasteiger partial charge is 0.377 e. The number of aryl methyl sites for hydroxylation is 1. The first kappa shape index (κ1) is 17.6. The van der Waals surface area contributed by atoms with Crippen LogP contribution in [0.5, 0.6) is 0 Å². The van der Waals surface area contributed by atoms with E-state index >= 15 is 0 Å². The number of rotatable bonds is 6. The molecule has 0 radical (unpaired) electrons. The Morgan fingerprint density at radius 1 is 1.58 bits per heavy atom. The third-order valence-corrected chi connectivity index (χ3v) is 6.59. The van der Waals surface area contributed by atoms with Crippen LogP contribution in [0.15, 0.2) is 30.2 Å². The first-order valence-electron chi connectivity index (χ1n) is 8.26. The lowest BCUT2D eigenvalue weighted by Crippen LogP contribution is -2.58. The number of sulfonamides is 1. The van der Waals surface area contributed by atoms with Gasteiger partial charge in [-0.25, -0.2) is 13.4 Å². The van der Waals surface area contributed by atoms with Gasteiger partial charge in [0, 0.05) is 38.4 Å². The first-order chi connectivity index (χ1) is 11.5. The summed E-state index contributed by atoms with van der Waals surface area (Å²) in [5.41, 5.74) is -0.290. The van der Waals surface area contributed by atoms with Crippen molar-refractivity contribution in [3.63, 3.8) is 0 Å². The Kier molecular flexibility index (Phi) is 5.10. The van der Waals surface area contributed by atoms with Crippen molar-refractivity contribution < 1.29 is 17.9 Å². The van der Waals surface area contributed by atoms with Crippen LogP contribution in [0.4, 0.5) is 0 Å². The monoisotopic (exact) mass is 355 g/mol. The molecular weight excluding hydrogens is 330 g/mol. The number of nitrogens with zero attached hydrogens (tertiary/aromatic N) is 3. The van der Waals surface area contributed by atoms with E-state index in [1.807, 2.05) is 0 Å². The highest BCUT2D eigenvalue weighted by molar-refractivity contribution is 7.89. The molecule has 0 aromatic carbocycles. The Morgan fingerprint density at radius 3 is 3.12 bits per heavy atom. The van der Waals surface area contributed by atoms with Crippen LogP contribution in [0, 0.1) is 5.41 Å². The maximum Gasteiger partial charge on any atom is 0.262 e. The van der Waals surface area contributed by atoms with Gasteiger partial charge in [0.25, 0.3) is 10.0 Å². The molecule has 1 aromatic heterocycles. The van der Waals surface area contributed by atoms with Crippen LogP contribution in [0.2, 0.25) is 0 Å². The molecule has 3 heterocycles. The van der Waals surface area contributed by atoms with Crippen LogP contribution in [0.25, 0.3) is 0 Å². The van der Waals surface area contributed by atoms with E-state index < -0.39 is 10.0 Å². The number of aromatic nitrogens is 2. The SMILES string of the molecule is C=CCOC[C@@]12CCCO[C@H]1CCN(S(=O)(=O)c1cn(C)cn1)C2. The van der Waals surface area contributed by atoms with Gasteiger partial charge in [0.05, 0.1) is 25.6 Å². The Bertz CT molecular complexity index is 687. The highest BCUT2D eigenvalue weighted by Gasteiger charge is 2.49. The Labute approximate surface area is 143 Å². The Morgan fingerprint density at radius 2 is 2.42 bits per heavy atom. The Hall–Kier alpha value is -1.22. The molecule has 3 rings (SSSR count). The predicted molar refractivity (Wildman–Crippen MR) is 89.0 cm³/mol. The van der Waals surface area contributed by atoms with Crippen molar-refractivity contribution in [1.82, 2.24) is 13.9 Å². The maximum absolute atomic E-state index is 12.9. The van der Waals surface area contributed by atoms with Crippen LogP contribution in [0.3, 0.4) is 0 Å². The predicted octanol–water partition coefficient (Wildman–Crippen LogP) is 1.18. The second-order valence-electron chi connectivity index (χ2n) is 6.63. The first-order valence-corrected chi connectivity index (χ1v) is 9.70. The van der Waals surface area contributed by atoms with Crippen molar-refractivity contribution in [1.29, 1.82) is 0 Å². The quantitative estimate of drug-likeness (QED) is 0.566. The molecule has 0 saturated carbocycles. The van der Waals surface area contributed by atoms with Gasteiger partial charge in [-0.15, -0.1) is 6.58 Å². The summed E-state index contributed by atoms with van der Waals surface area (Å²) in [5.74, 6) is 0. The van der Waals surface area contributed by atoms with Crippen molar-refractivity contribution in [2.45, 2.75) is 30.4 Å². The molecule has 24 heavy (non-hydrogen) atoms. The number of hydrogen-bond acceptors (Lipinski definition) is 5. The van der Waals surface area contributed by atoms with Gasteiger partial charge in [0.1, 0.15) is 0 Å². The van der Waals surface area contributed by atoms with E-state index in [2.05, 4.69) is 11.6 Å². The summed E-state index contributed by atoms with van der Waals surface area (Å²) >= 11 is 0. The molecule has 1 aromatic rings. The Balaban J connectivity index is 1.82. The lowest BCUT2D eigenvalue weighted by Gasteiger charge is -2.49. The summed E-state index contributed by atoms with van der Waals surface area (Å²) in [7, 11) is -1.83. The second-order valence-corrected chi connectivity index (χ2v) is 8.52. The molecule has 7 nitrogen and oxygen atoms in total. The maximum atomic E-state index is 12.9. The summed E-state index contributed by atoms with van der Waals surface area (Å²) in [6.07, 6.45) is 7.32. The summed E-state index contributed by atoms with van der Waals surface area (Å²) in [6, 6.07) is 0. The van der Waals surface area contributed by atoms with Crippen molar-refractivity contribution in [2.75, 3.05) is 32.9 Å². The van der Waals surface area contributed by atoms with E-state index in [1.54, 1.807) is 23.9 Å². The average Bonchev–Trinajstić information content (AvgIpc) is 3.02. The minimum absolute atomic E-state index is 0.0475. The lowest BCUT2D eigenvalue weighted by atomic mass is 9.73. The molecule has 0 amide bonds. The molecule has 134 valence electrons. The molecule has 0 spiro atoms. The minimum Gasteiger partial charge on any atom is -0.377 e. The topological polar surface area (TPSA) is 73.7 Å². The van der Waals surface area contributed by atoms with E-state index in [0.717, 1.165) is 19.4 Å². The van der Waals surface area contributed by atoms with Gasteiger partial charge in [0.2, 0.25) is 0 Å². The molecule has 2 atom stereocenters. The molecule has 0 bridgehead atoms. The fraction of sp³-hybridized carbons (Fsp3) is 0.688. The summed E-state index contributed by atoms with van der Waals surface area (Å²) in [5, 5.41) is 0.0994. The smallest absolute Gasteiger partial charge is 0.262 e. The van der Waals surface area contributed by atoms with Crippen molar-refractivity contribution in [3.8, 4) is 0 Å². The normalized spacial score (nSPS) is 28.5. The number of ether oxygens (including phenoxy) is 2. The molecule has 2 fully saturated rings. The molecular formula is C16H25N3O4S. The van der Waals surface area contributed by atoms with Gasteiger partial charge in [-0.3, -0.25) is 0 Å². The number of hydrogen-bond donors (Lipinski definition) is 0. The molecule has 2 aliphatic heterocycles. The third kappa shape index (κ3) is 3.28. The van der Waals surface area contributed by atoms with Crippen molar-refractivity contribution >= 4 is 10.0 Å². The van der Waals surface area contributed by atoms with E-state index in [9.17, 15) is 8.42 Å². The van der Waals surface area contributed by atoms with Gasteiger partial charge >= 0.3 is 0 Å². The van der Waals surface area contributed by atoms with E-state index in [4.69, 9.17) is 9.47 Å². The zero-order valence-corrected chi connectivity index (χ0v) is 14.9. The minimum atomic E-state index is -3.59. The molecule has 8 heteroatoms. The standard InChI is InChI=1S/C16H25N3O4S/c1-3-8-22-12-16-6-4-9-23-14(16)5-7-19(11-16)24(20,21)15-10-18(2)13-17-15/h3,10,13-14H,1,4-9,11-12H2,2H3/t14-,16-/m0/s1.